The summed E-state index contributed by atoms with van der Waals surface area (Å²) < 4.78 is 0. The van der Waals surface area contributed by atoms with Gasteiger partial charge in [0.2, 0.25) is 0 Å². The second-order valence-corrected chi connectivity index (χ2v) is 6.04. The molecule has 0 spiro atoms. The average molecular weight is 233 g/mol. The van der Waals surface area contributed by atoms with E-state index in [1.54, 1.807) is 0 Å². The van der Waals surface area contributed by atoms with Gasteiger partial charge in [-0.3, -0.25) is 9.78 Å². The van der Waals surface area contributed by atoms with E-state index in [2.05, 4.69) is 31.8 Å². The van der Waals surface area contributed by atoms with Crippen LogP contribution in [0.5, 0.6) is 0 Å². The third kappa shape index (κ3) is 3.65. The quantitative estimate of drug-likeness (QED) is 0.797. The molecule has 0 bridgehead atoms. The van der Waals surface area contributed by atoms with Crippen LogP contribution in [0.3, 0.4) is 0 Å². The van der Waals surface area contributed by atoms with E-state index in [1.807, 2.05) is 27.0 Å². The van der Waals surface area contributed by atoms with Crippen LogP contribution in [-0.2, 0) is 11.2 Å². The number of carbonyl (C=O) groups is 1. The molecule has 0 amide bonds. The van der Waals surface area contributed by atoms with Gasteiger partial charge in [-0.1, -0.05) is 34.6 Å². The van der Waals surface area contributed by atoms with E-state index in [0.29, 0.717) is 12.3 Å². The molecule has 1 aromatic rings. The smallest absolute Gasteiger partial charge is 0.144 e. The molecule has 0 aliphatic heterocycles. The van der Waals surface area contributed by atoms with Crippen molar-refractivity contribution in [1.29, 1.82) is 0 Å². The predicted molar refractivity (Wildman–Crippen MR) is 71.2 cm³/mol. The Morgan fingerprint density at radius 3 is 2.41 bits per heavy atom. The summed E-state index contributed by atoms with van der Waals surface area (Å²) in [5.41, 5.74) is 3.09. The Morgan fingerprint density at radius 1 is 1.35 bits per heavy atom. The fourth-order valence-electron chi connectivity index (χ4n) is 1.73. The highest BCUT2D eigenvalue weighted by Gasteiger charge is 2.21. The Morgan fingerprint density at radius 2 is 1.94 bits per heavy atom. The Hall–Kier alpha value is -1.18. The van der Waals surface area contributed by atoms with Gasteiger partial charge in [0, 0.05) is 23.7 Å². The minimum Gasteiger partial charge on any atom is -0.299 e. The lowest BCUT2D eigenvalue weighted by molar-refractivity contribution is -0.125. The van der Waals surface area contributed by atoms with Gasteiger partial charge in [-0.15, -0.1) is 0 Å². The van der Waals surface area contributed by atoms with Crippen molar-refractivity contribution in [3.05, 3.63) is 29.1 Å². The zero-order valence-electron chi connectivity index (χ0n) is 11.8. The normalized spacial score (nSPS) is 11.9. The Bertz CT molecular complexity index is 413. The lowest BCUT2D eigenvalue weighted by atomic mass is 9.87. The van der Waals surface area contributed by atoms with Crippen molar-refractivity contribution in [1.82, 2.24) is 4.98 Å². The van der Waals surface area contributed by atoms with Crippen molar-refractivity contribution in [2.24, 2.45) is 5.41 Å². The van der Waals surface area contributed by atoms with E-state index in [1.165, 1.54) is 11.1 Å². The van der Waals surface area contributed by atoms with Crippen LogP contribution in [0.2, 0.25) is 0 Å². The van der Waals surface area contributed by atoms with E-state index in [4.69, 9.17) is 0 Å². The number of pyridine rings is 1. The fraction of sp³-hybridized carbons (Fsp3) is 0.600. The minimum absolute atomic E-state index is 0.239. The van der Waals surface area contributed by atoms with Crippen molar-refractivity contribution in [3.8, 4) is 0 Å². The molecule has 17 heavy (non-hydrogen) atoms. The standard InChI is InChI=1S/C15H23NO/c1-10(2)13-7-12(16-9-11(13)3)8-14(17)15(4,5)6/h7,9-10H,8H2,1-6H3. The Balaban J connectivity index is 2.94. The number of nitrogens with zero attached hydrogens (tertiary/aromatic N) is 1. The van der Waals surface area contributed by atoms with Crippen LogP contribution in [0, 0.1) is 12.3 Å². The third-order valence-corrected chi connectivity index (χ3v) is 3.00. The summed E-state index contributed by atoms with van der Waals surface area (Å²) in [6.07, 6.45) is 2.31. The summed E-state index contributed by atoms with van der Waals surface area (Å²) >= 11 is 0. The zero-order valence-corrected chi connectivity index (χ0v) is 11.8. The first-order valence-corrected chi connectivity index (χ1v) is 6.20. The molecule has 0 saturated heterocycles. The number of ketones is 1. The van der Waals surface area contributed by atoms with E-state index in [-0.39, 0.29) is 11.2 Å². The largest absolute Gasteiger partial charge is 0.299 e. The number of aromatic nitrogens is 1. The maximum Gasteiger partial charge on any atom is 0.144 e. The van der Waals surface area contributed by atoms with E-state index >= 15 is 0 Å². The Kier molecular flexibility index (Phi) is 4.07. The molecule has 1 heterocycles. The van der Waals surface area contributed by atoms with Gasteiger partial charge in [-0.2, -0.15) is 0 Å². The van der Waals surface area contributed by atoms with Crippen molar-refractivity contribution in [2.75, 3.05) is 0 Å². The van der Waals surface area contributed by atoms with Crippen molar-refractivity contribution in [2.45, 2.75) is 53.9 Å². The lowest BCUT2D eigenvalue weighted by Crippen LogP contribution is -2.22. The summed E-state index contributed by atoms with van der Waals surface area (Å²) in [5.74, 6) is 0.713. The second-order valence-electron chi connectivity index (χ2n) is 6.04. The summed E-state index contributed by atoms with van der Waals surface area (Å²) in [6, 6.07) is 2.07. The molecule has 0 N–H and O–H groups in total. The molecule has 1 rings (SSSR count). The molecule has 0 fully saturated rings. The number of carbonyl (C=O) groups excluding carboxylic acids is 1. The van der Waals surface area contributed by atoms with Crippen LogP contribution >= 0.6 is 0 Å². The van der Waals surface area contributed by atoms with Gasteiger partial charge < -0.3 is 0 Å². The van der Waals surface area contributed by atoms with Crippen LogP contribution < -0.4 is 0 Å². The van der Waals surface area contributed by atoms with Crippen molar-refractivity contribution in [3.63, 3.8) is 0 Å². The van der Waals surface area contributed by atoms with Gasteiger partial charge in [0.15, 0.2) is 0 Å². The lowest BCUT2D eigenvalue weighted by Gasteiger charge is -2.17. The zero-order chi connectivity index (χ0) is 13.2. The van der Waals surface area contributed by atoms with Crippen molar-refractivity contribution < 1.29 is 4.79 Å². The van der Waals surface area contributed by atoms with E-state index in [0.717, 1.165) is 5.69 Å². The highest BCUT2D eigenvalue weighted by Crippen LogP contribution is 2.21. The minimum atomic E-state index is -0.287. The highest BCUT2D eigenvalue weighted by atomic mass is 16.1. The molecule has 0 aliphatic rings. The first-order chi connectivity index (χ1) is 7.71. The first kappa shape index (κ1) is 13.9. The van der Waals surface area contributed by atoms with Gasteiger partial charge >= 0.3 is 0 Å². The summed E-state index contributed by atoms with van der Waals surface area (Å²) in [6.45, 7) is 12.2. The SMILES string of the molecule is Cc1cnc(CC(=O)C(C)(C)C)cc1C(C)C. The topological polar surface area (TPSA) is 30.0 Å². The molecule has 0 aromatic carbocycles. The summed E-state index contributed by atoms with van der Waals surface area (Å²) in [4.78, 5) is 16.3. The molecule has 0 unspecified atom stereocenters. The first-order valence-electron chi connectivity index (χ1n) is 6.20. The summed E-state index contributed by atoms with van der Waals surface area (Å²) in [5, 5.41) is 0. The fourth-order valence-corrected chi connectivity index (χ4v) is 1.73. The molecule has 1 aromatic heterocycles. The molecule has 94 valence electrons. The number of hydrogen-bond donors (Lipinski definition) is 0. The van der Waals surface area contributed by atoms with E-state index in [9.17, 15) is 4.79 Å². The van der Waals surface area contributed by atoms with E-state index < -0.39 is 0 Å². The monoisotopic (exact) mass is 233 g/mol. The van der Waals surface area contributed by atoms with Crippen molar-refractivity contribution >= 4 is 5.78 Å². The van der Waals surface area contributed by atoms with Crippen LogP contribution in [-0.4, -0.2) is 10.8 Å². The van der Waals surface area contributed by atoms with Gasteiger partial charge in [0.25, 0.3) is 0 Å². The number of rotatable bonds is 3. The van der Waals surface area contributed by atoms with Crippen LogP contribution in [0.25, 0.3) is 0 Å². The van der Waals surface area contributed by atoms with Crippen LogP contribution in [0.4, 0.5) is 0 Å². The molecule has 0 aliphatic carbocycles. The molecular formula is C15H23NO. The van der Waals surface area contributed by atoms with Gasteiger partial charge in [0.1, 0.15) is 5.78 Å². The molecule has 2 nitrogen and oxygen atoms in total. The predicted octanol–water partition coefficient (Wildman–Crippen LogP) is 3.67. The maximum absolute atomic E-state index is 12.0. The number of Topliss-reactive ketones (excluding diaryl/α,β-unsaturated/α-hetero) is 1. The third-order valence-electron chi connectivity index (χ3n) is 3.00. The summed E-state index contributed by atoms with van der Waals surface area (Å²) in [7, 11) is 0. The molecule has 0 radical (unpaired) electrons. The molecule has 0 atom stereocenters. The Labute approximate surface area is 104 Å². The van der Waals surface area contributed by atoms with Crippen LogP contribution in [0.1, 0.15) is 57.4 Å². The van der Waals surface area contributed by atoms with Crippen LogP contribution in [0.15, 0.2) is 12.3 Å². The highest BCUT2D eigenvalue weighted by molar-refractivity contribution is 5.85. The molecule has 0 saturated carbocycles. The maximum atomic E-state index is 12.0. The van der Waals surface area contributed by atoms with Gasteiger partial charge in [-0.05, 0) is 30.0 Å². The van der Waals surface area contributed by atoms with Gasteiger partial charge in [-0.25, -0.2) is 0 Å². The number of hydrogen-bond acceptors (Lipinski definition) is 2. The molecule has 2 heteroatoms. The van der Waals surface area contributed by atoms with Gasteiger partial charge in [0.05, 0.1) is 0 Å². The number of aryl methyl sites for hydroxylation is 1. The molecular weight excluding hydrogens is 210 g/mol. The average Bonchev–Trinajstić information content (AvgIpc) is 2.19. The second kappa shape index (κ2) is 4.99.